The van der Waals surface area contributed by atoms with Crippen LogP contribution in [0.4, 0.5) is 4.39 Å². The van der Waals surface area contributed by atoms with Crippen LogP contribution < -0.4 is 4.74 Å². The maximum atomic E-state index is 13.0. The molecule has 0 amide bonds. The summed E-state index contributed by atoms with van der Waals surface area (Å²) < 4.78 is 18.6. The number of ether oxygens (including phenoxy) is 1. The molecule has 0 bridgehead atoms. The van der Waals surface area contributed by atoms with Crippen LogP contribution in [-0.4, -0.2) is 4.98 Å². The molecule has 0 aliphatic heterocycles. The second-order valence-electron chi connectivity index (χ2n) is 3.85. The normalized spacial score (nSPS) is 10.4. The van der Waals surface area contributed by atoms with Crippen molar-refractivity contribution in [2.45, 2.75) is 19.2 Å². The smallest absolute Gasteiger partial charge is 0.223 e. The van der Waals surface area contributed by atoms with Crippen LogP contribution in [0.15, 0.2) is 36.5 Å². The molecule has 0 aliphatic rings. The van der Waals surface area contributed by atoms with Gasteiger partial charge in [-0.05, 0) is 30.2 Å². The lowest BCUT2D eigenvalue weighted by Gasteiger charge is -2.08. The number of nitrogens with zero attached hydrogens (tertiary/aromatic N) is 1. The first-order chi connectivity index (χ1) is 8.72. The van der Waals surface area contributed by atoms with Crippen molar-refractivity contribution in [3.05, 3.63) is 53.5 Å². The van der Waals surface area contributed by atoms with Crippen LogP contribution in [0.2, 0.25) is 0 Å². The van der Waals surface area contributed by atoms with Crippen LogP contribution in [0.1, 0.15) is 18.1 Å². The quantitative estimate of drug-likeness (QED) is 0.769. The lowest BCUT2D eigenvalue weighted by Crippen LogP contribution is -1.94. The van der Waals surface area contributed by atoms with Gasteiger partial charge in [0.2, 0.25) is 5.88 Å². The van der Waals surface area contributed by atoms with Gasteiger partial charge in [0.15, 0.2) is 0 Å². The Balaban J connectivity index is 2.22. The highest BCUT2D eigenvalue weighted by Gasteiger charge is 2.07. The molecular formula is C14H13ClFNO. The second-order valence-corrected chi connectivity index (χ2v) is 4.12. The number of aromatic nitrogens is 1. The summed E-state index contributed by atoms with van der Waals surface area (Å²) in [6, 6.07) is 9.03. The van der Waals surface area contributed by atoms with Gasteiger partial charge >= 0.3 is 0 Å². The number of pyridine rings is 1. The number of halogens is 2. The van der Waals surface area contributed by atoms with Gasteiger partial charge in [-0.25, -0.2) is 9.37 Å². The van der Waals surface area contributed by atoms with E-state index < -0.39 is 5.82 Å². The molecule has 2 aromatic rings. The summed E-state index contributed by atoms with van der Waals surface area (Å²) in [5.74, 6) is 0.750. The Labute approximate surface area is 110 Å². The first-order valence-electron chi connectivity index (χ1n) is 5.70. The third kappa shape index (κ3) is 2.99. The van der Waals surface area contributed by atoms with E-state index >= 15 is 0 Å². The molecule has 0 unspecified atom stereocenters. The van der Waals surface area contributed by atoms with Crippen LogP contribution in [-0.2, 0) is 12.3 Å². The van der Waals surface area contributed by atoms with Gasteiger partial charge in [-0.2, -0.15) is 0 Å². The summed E-state index contributed by atoms with van der Waals surface area (Å²) in [7, 11) is 0. The summed E-state index contributed by atoms with van der Waals surface area (Å²) >= 11 is 5.73. The van der Waals surface area contributed by atoms with E-state index in [1.165, 1.54) is 11.6 Å². The molecule has 4 heteroatoms. The molecule has 0 saturated heterocycles. The molecule has 18 heavy (non-hydrogen) atoms. The average Bonchev–Trinajstić information content (AvgIpc) is 2.41. The first-order valence-corrected chi connectivity index (χ1v) is 6.23. The molecular weight excluding hydrogens is 253 g/mol. The molecule has 0 saturated carbocycles. The highest BCUT2D eigenvalue weighted by atomic mass is 35.5. The molecule has 0 atom stereocenters. The minimum atomic E-state index is -0.417. The largest absolute Gasteiger partial charge is 0.439 e. The molecule has 1 aromatic heterocycles. The minimum absolute atomic E-state index is 0.160. The number of aryl methyl sites for hydroxylation is 1. The summed E-state index contributed by atoms with van der Waals surface area (Å²) in [5, 5.41) is 0. The van der Waals surface area contributed by atoms with E-state index in [4.69, 9.17) is 16.3 Å². The van der Waals surface area contributed by atoms with Crippen molar-refractivity contribution in [3.63, 3.8) is 0 Å². The molecule has 2 rings (SSSR count). The van der Waals surface area contributed by atoms with Crippen LogP contribution >= 0.6 is 11.6 Å². The Morgan fingerprint density at radius 2 is 2.00 bits per heavy atom. The average molecular weight is 266 g/mol. The van der Waals surface area contributed by atoms with Crippen molar-refractivity contribution >= 4 is 11.6 Å². The Kier molecular flexibility index (Phi) is 4.15. The predicted molar refractivity (Wildman–Crippen MR) is 69.6 cm³/mol. The Morgan fingerprint density at radius 1 is 1.28 bits per heavy atom. The molecule has 0 fully saturated rings. The molecule has 94 valence electrons. The van der Waals surface area contributed by atoms with Crippen LogP contribution in [0.5, 0.6) is 11.6 Å². The van der Waals surface area contributed by atoms with Crippen LogP contribution in [0.25, 0.3) is 0 Å². The molecule has 2 nitrogen and oxygen atoms in total. The number of alkyl halides is 1. The highest BCUT2D eigenvalue weighted by molar-refractivity contribution is 6.17. The fourth-order valence-corrected chi connectivity index (χ4v) is 1.75. The zero-order chi connectivity index (χ0) is 13.0. The van der Waals surface area contributed by atoms with E-state index in [1.54, 1.807) is 0 Å². The van der Waals surface area contributed by atoms with Gasteiger partial charge in [0.1, 0.15) is 11.6 Å². The summed E-state index contributed by atoms with van der Waals surface area (Å²) in [4.78, 5) is 3.91. The van der Waals surface area contributed by atoms with E-state index in [9.17, 15) is 4.39 Å². The topological polar surface area (TPSA) is 22.1 Å². The third-order valence-corrected chi connectivity index (χ3v) is 2.87. The summed E-state index contributed by atoms with van der Waals surface area (Å²) in [5.41, 5.74) is 1.77. The van der Waals surface area contributed by atoms with Crippen molar-refractivity contribution in [1.82, 2.24) is 4.98 Å². The van der Waals surface area contributed by atoms with Crippen molar-refractivity contribution in [2.24, 2.45) is 0 Å². The molecule has 0 aliphatic carbocycles. The van der Waals surface area contributed by atoms with Gasteiger partial charge < -0.3 is 4.74 Å². The van der Waals surface area contributed by atoms with E-state index in [0.717, 1.165) is 12.6 Å². The molecule has 1 heterocycles. The predicted octanol–water partition coefficient (Wildman–Crippen LogP) is 4.31. The second kappa shape index (κ2) is 5.83. The number of rotatable bonds is 4. The van der Waals surface area contributed by atoms with E-state index in [1.807, 2.05) is 24.3 Å². The summed E-state index contributed by atoms with van der Waals surface area (Å²) in [6.45, 7) is 2.09. The van der Waals surface area contributed by atoms with E-state index in [2.05, 4.69) is 11.9 Å². The monoisotopic (exact) mass is 265 g/mol. The Bertz CT molecular complexity index is 528. The third-order valence-electron chi connectivity index (χ3n) is 2.58. The van der Waals surface area contributed by atoms with Crippen LogP contribution in [0, 0.1) is 5.82 Å². The molecule has 1 aromatic carbocycles. The fourth-order valence-electron chi connectivity index (χ4n) is 1.56. The van der Waals surface area contributed by atoms with Crippen molar-refractivity contribution < 1.29 is 9.13 Å². The molecule has 0 radical (unpaired) electrons. The fraction of sp³-hybridized carbons (Fsp3) is 0.214. The maximum absolute atomic E-state index is 13.0. The van der Waals surface area contributed by atoms with Gasteiger partial charge in [-0.1, -0.05) is 19.1 Å². The van der Waals surface area contributed by atoms with Gasteiger partial charge in [0, 0.05) is 5.56 Å². The lowest BCUT2D eigenvalue weighted by atomic mass is 10.2. The number of benzene rings is 1. The SMILES string of the molecule is CCc1ccc(Oc2ncc(F)cc2CCl)cc1. The van der Waals surface area contributed by atoms with E-state index in [0.29, 0.717) is 17.2 Å². The maximum Gasteiger partial charge on any atom is 0.223 e. The van der Waals surface area contributed by atoms with Crippen molar-refractivity contribution in [3.8, 4) is 11.6 Å². The number of hydrogen-bond donors (Lipinski definition) is 0. The highest BCUT2D eigenvalue weighted by Crippen LogP contribution is 2.25. The van der Waals surface area contributed by atoms with E-state index in [-0.39, 0.29) is 5.88 Å². The van der Waals surface area contributed by atoms with Gasteiger partial charge in [0.05, 0.1) is 12.1 Å². The minimum Gasteiger partial charge on any atom is -0.439 e. The van der Waals surface area contributed by atoms with Crippen molar-refractivity contribution in [2.75, 3.05) is 0 Å². The van der Waals surface area contributed by atoms with Gasteiger partial charge in [-0.15, -0.1) is 11.6 Å². The Morgan fingerprint density at radius 3 is 2.61 bits per heavy atom. The van der Waals surface area contributed by atoms with Gasteiger partial charge in [0.25, 0.3) is 0 Å². The molecule has 0 spiro atoms. The van der Waals surface area contributed by atoms with Crippen molar-refractivity contribution in [1.29, 1.82) is 0 Å². The number of hydrogen-bond acceptors (Lipinski definition) is 2. The lowest BCUT2D eigenvalue weighted by molar-refractivity contribution is 0.454. The Hall–Kier alpha value is -1.61. The zero-order valence-electron chi connectivity index (χ0n) is 9.99. The first kappa shape index (κ1) is 12.8. The standard InChI is InChI=1S/C14H13ClFNO/c1-2-10-3-5-13(6-4-10)18-14-11(8-15)7-12(16)9-17-14/h3-7,9H,2,8H2,1H3. The van der Waals surface area contributed by atoms with Crippen LogP contribution in [0.3, 0.4) is 0 Å². The zero-order valence-corrected chi connectivity index (χ0v) is 10.7. The van der Waals surface area contributed by atoms with Gasteiger partial charge in [-0.3, -0.25) is 0 Å². The molecule has 0 N–H and O–H groups in total. The summed E-state index contributed by atoms with van der Waals surface area (Å²) in [6.07, 6.45) is 2.09.